The molecule has 0 saturated carbocycles. The Morgan fingerprint density at radius 1 is 1.23 bits per heavy atom. The minimum Gasteiger partial charge on any atom is -0.492 e. The fourth-order valence-electron chi connectivity index (χ4n) is 2.08. The van der Waals surface area contributed by atoms with E-state index in [0.29, 0.717) is 18.0 Å². The number of nitrogens with one attached hydrogen (secondary N) is 1. The van der Waals surface area contributed by atoms with Gasteiger partial charge in [0, 0.05) is 6.07 Å². The Morgan fingerprint density at radius 2 is 1.96 bits per heavy atom. The van der Waals surface area contributed by atoms with Crippen LogP contribution in [0.2, 0.25) is 0 Å². The molecule has 0 saturated heterocycles. The van der Waals surface area contributed by atoms with E-state index in [1.165, 1.54) is 12.1 Å². The normalized spacial score (nSPS) is 10.0. The van der Waals surface area contributed by atoms with Gasteiger partial charge in [-0.05, 0) is 31.2 Å². The molecule has 136 valence electrons. The number of hydrogen-bond acceptors (Lipinski definition) is 7. The molecule has 9 nitrogen and oxygen atoms in total. The number of nitro groups is 1. The summed E-state index contributed by atoms with van der Waals surface area (Å²) in [6, 6.07) is 10.3. The van der Waals surface area contributed by atoms with Crippen LogP contribution in [0.15, 0.2) is 42.5 Å². The van der Waals surface area contributed by atoms with Crippen molar-refractivity contribution in [1.82, 2.24) is 0 Å². The van der Waals surface area contributed by atoms with Crippen LogP contribution >= 0.6 is 0 Å². The van der Waals surface area contributed by atoms with E-state index in [-0.39, 0.29) is 11.3 Å². The van der Waals surface area contributed by atoms with Gasteiger partial charge in [0.25, 0.3) is 11.6 Å². The number of anilines is 2. The van der Waals surface area contributed by atoms with Crippen molar-refractivity contribution in [2.24, 2.45) is 0 Å². The summed E-state index contributed by atoms with van der Waals surface area (Å²) in [4.78, 5) is 34.1. The Bertz CT molecular complexity index is 837. The summed E-state index contributed by atoms with van der Waals surface area (Å²) in [5.41, 5.74) is 5.35. The number of hydrogen-bond donors (Lipinski definition) is 2. The van der Waals surface area contributed by atoms with Crippen LogP contribution in [-0.4, -0.2) is 30.0 Å². The van der Waals surface area contributed by atoms with Crippen LogP contribution in [-0.2, 0) is 9.53 Å². The fraction of sp³-hybridized carbons (Fsp3) is 0.176. The average molecular weight is 359 g/mol. The first-order chi connectivity index (χ1) is 12.4. The number of amides is 1. The highest BCUT2D eigenvalue weighted by atomic mass is 16.6. The number of carbonyl (C=O) groups excluding carboxylic acids is 2. The number of nitrogens with zero attached hydrogens (tertiary/aromatic N) is 1. The molecule has 2 rings (SSSR count). The number of ether oxygens (including phenoxy) is 2. The molecule has 1 amide bonds. The van der Waals surface area contributed by atoms with Crippen LogP contribution in [0.25, 0.3) is 0 Å². The van der Waals surface area contributed by atoms with E-state index in [1.807, 2.05) is 6.92 Å². The molecule has 0 aromatic heterocycles. The second kappa shape index (κ2) is 8.47. The number of para-hydroxylation sites is 2. The first-order valence-corrected chi connectivity index (χ1v) is 7.65. The molecule has 0 unspecified atom stereocenters. The third-order valence-corrected chi connectivity index (χ3v) is 3.26. The Labute approximate surface area is 148 Å². The van der Waals surface area contributed by atoms with Crippen molar-refractivity contribution in [2.45, 2.75) is 6.92 Å². The zero-order chi connectivity index (χ0) is 19.1. The summed E-state index contributed by atoms with van der Waals surface area (Å²) in [7, 11) is 0. The SMILES string of the molecule is CCOc1ccccc1NC(=O)COC(=O)c1ccc(N)c([N+](=O)[O-])c1. The molecule has 0 atom stereocenters. The smallest absolute Gasteiger partial charge is 0.338 e. The molecule has 26 heavy (non-hydrogen) atoms. The minimum absolute atomic E-state index is 0.0724. The van der Waals surface area contributed by atoms with Crippen LogP contribution in [0.3, 0.4) is 0 Å². The molecule has 0 heterocycles. The summed E-state index contributed by atoms with van der Waals surface area (Å²) >= 11 is 0. The average Bonchev–Trinajstić information content (AvgIpc) is 2.61. The molecule has 0 fully saturated rings. The van der Waals surface area contributed by atoms with E-state index in [4.69, 9.17) is 15.2 Å². The number of rotatable bonds is 7. The van der Waals surface area contributed by atoms with E-state index in [0.717, 1.165) is 6.07 Å². The van der Waals surface area contributed by atoms with Gasteiger partial charge < -0.3 is 20.5 Å². The summed E-state index contributed by atoms with van der Waals surface area (Å²) in [5, 5.41) is 13.4. The fourth-order valence-corrected chi connectivity index (χ4v) is 2.08. The molecule has 0 aliphatic carbocycles. The number of nitrogen functional groups attached to an aromatic ring is 1. The van der Waals surface area contributed by atoms with Crippen molar-refractivity contribution in [3.05, 3.63) is 58.1 Å². The predicted octanol–water partition coefficient (Wildman–Crippen LogP) is 2.37. The number of nitro benzene ring substituents is 1. The van der Waals surface area contributed by atoms with Crippen molar-refractivity contribution in [3.63, 3.8) is 0 Å². The maximum Gasteiger partial charge on any atom is 0.338 e. The van der Waals surface area contributed by atoms with E-state index < -0.39 is 29.1 Å². The molecule has 0 bridgehead atoms. The highest BCUT2D eigenvalue weighted by molar-refractivity contribution is 5.96. The second-order valence-electron chi connectivity index (χ2n) is 5.08. The van der Waals surface area contributed by atoms with Crippen molar-refractivity contribution in [1.29, 1.82) is 0 Å². The second-order valence-corrected chi connectivity index (χ2v) is 5.08. The predicted molar refractivity (Wildman–Crippen MR) is 94.0 cm³/mol. The lowest BCUT2D eigenvalue weighted by Crippen LogP contribution is -2.21. The van der Waals surface area contributed by atoms with Crippen LogP contribution in [0.4, 0.5) is 17.1 Å². The van der Waals surface area contributed by atoms with Crippen LogP contribution < -0.4 is 15.8 Å². The number of nitrogens with two attached hydrogens (primary N) is 1. The van der Waals surface area contributed by atoms with Gasteiger partial charge >= 0.3 is 5.97 Å². The quantitative estimate of drug-likeness (QED) is 0.335. The monoisotopic (exact) mass is 359 g/mol. The largest absolute Gasteiger partial charge is 0.492 e. The molecule has 0 radical (unpaired) electrons. The third-order valence-electron chi connectivity index (χ3n) is 3.26. The maximum atomic E-state index is 12.0. The summed E-state index contributed by atoms with van der Waals surface area (Å²) in [5.74, 6) is -0.958. The first kappa shape index (κ1) is 18.7. The number of esters is 1. The molecule has 2 aromatic carbocycles. The van der Waals surface area contributed by atoms with Gasteiger partial charge in [-0.1, -0.05) is 12.1 Å². The lowest BCUT2D eigenvalue weighted by atomic mass is 10.2. The third kappa shape index (κ3) is 4.69. The van der Waals surface area contributed by atoms with Gasteiger partial charge in [0.1, 0.15) is 11.4 Å². The van der Waals surface area contributed by atoms with Gasteiger partial charge in [0.2, 0.25) is 0 Å². The Morgan fingerprint density at radius 3 is 2.65 bits per heavy atom. The van der Waals surface area contributed by atoms with Crippen molar-refractivity contribution in [3.8, 4) is 5.75 Å². The van der Waals surface area contributed by atoms with E-state index in [1.54, 1.807) is 24.3 Å². The standard InChI is InChI=1S/C17H17N3O6/c1-2-25-15-6-4-3-5-13(15)19-16(21)10-26-17(22)11-7-8-12(18)14(9-11)20(23)24/h3-9H,2,10,18H2,1H3,(H,19,21). The zero-order valence-corrected chi connectivity index (χ0v) is 13.9. The van der Waals surface area contributed by atoms with E-state index in [2.05, 4.69) is 5.32 Å². The molecular weight excluding hydrogens is 342 g/mol. The Balaban J connectivity index is 1.98. The van der Waals surface area contributed by atoms with Gasteiger partial charge in [0.15, 0.2) is 6.61 Å². The van der Waals surface area contributed by atoms with Crippen LogP contribution in [0.1, 0.15) is 17.3 Å². The van der Waals surface area contributed by atoms with Crippen molar-refractivity contribution >= 4 is 28.9 Å². The highest BCUT2D eigenvalue weighted by Crippen LogP contribution is 2.24. The van der Waals surface area contributed by atoms with Crippen molar-refractivity contribution in [2.75, 3.05) is 24.3 Å². The van der Waals surface area contributed by atoms with Gasteiger partial charge in [0.05, 0.1) is 22.8 Å². The van der Waals surface area contributed by atoms with Crippen LogP contribution in [0.5, 0.6) is 5.75 Å². The highest BCUT2D eigenvalue weighted by Gasteiger charge is 2.17. The lowest BCUT2D eigenvalue weighted by molar-refractivity contribution is -0.383. The zero-order valence-electron chi connectivity index (χ0n) is 13.9. The Kier molecular flexibility index (Phi) is 6.10. The summed E-state index contributed by atoms with van der Waals surface area (Å²) in [6.07, 6.45) is 0. The Hall–Kier alpha value is -3.62. The summed E-state index contributed by atoms with van der Waals surface area (Å²) in [6.45, 7) is 1.68. The lowest BCUT2D eigenvalue weighted by Gasteiger charge is -2.11. The number of benzene rings is 2. The van der Waals surface area contributed by atoms with Gasteiger partial charge in [-0.25, -0.2) is 4.79 Å². The van der Waals surface area contributed by atoms with Gasteiger partial charge in [-0.3, -0.25) is 14.9 Å². The molecule has 0 spiro atoms. The molecule has 2 aromatic rings. The first-order valence-electron chi connectivity index (χ1n) is 7.65. The topological polar surface area (TPSA) is 134 Å². The van der Waals surface area contributed by atoms with E-state index in [9.17, 15) is 19.7 Å². The van der Waals surface area contributed by atoms with Gasteiger partial charge in [-0.15, -0.1) is 0 Å². The maximum absolute atomic E-state index is 12.0. The molecule has 3 N–H and O–H groups in total. The van der Waals surface area contributed by atoms with Crippen LogP contribution in [0, 0.1) is 10.1 Å². The van der Waals surface area contributed by atoms with Crippen molar-refractivity contribution < 1.29 is 24.0 Å². The summed E-state index contributed by atoms with van der Waals surface area (Å²) < 4.78 is 10.3. The molecule has 9 heteroatoms. The molecule has 0 aliphatic rings. The molecule has 0 aliphatic heterocycles. The van der Waals surface area contributed by atoms with Gasteiger partial charge in [-0.2, -0.15) is 0 Å². The van der Waals surface area contributed by atoms with E-state index >= 15 is 0 Å². The minimum atomic E-state index is -0.874. The molecular formula is C17H17N3O6. The number of carbonyl (C=O) groups is 2.